The Bertz CT molecular complexity index is 245. The Morgan fingerprint density at radius 3 is 2.80 bits per heavy atom. The van der Waals surface area contributed by atoms with Crippen LogP contribution in [0.15, 0.2) is 0 Å². The number of carbonyl (C=O) groups excluding carboxylic acids is 1. The van der Waals surface area contributed by atoms with Crippen LogP contribution in [0.1, 0.15) is 19.8 Å². The first-order valence-corrected chi connectivity index (χ1v) is 5.80. The minimum atomic E-state index is 0.0978. The van der Waals surface area contributed by atoms with Crippen molar-refractivity contribution in [1.29, 1.82) is 0 Å². The summed E-state index contributed by atoms with van der Waals surface area (Å²) < 4.78 is 5.44. The van der Waals surface area contributed by atoms with Gasteiger partial charge in [-0.05, 0) is 26.8 Å². The quantitative estimate of drug-likeness (QED) is 0.712. The van der Waals surface area contributed by atoms with Crippen molar-refractivity contribution in [2.45, 2.75) is 31.9 Å². The van der Waals surface area contributed by atoms with E-state index in [1.807, 2.05) is 18.9 Å². The van der Waals surface area contributed by atoms with E-state index in [4.69, 9.17) is 4.74 Å². The Balaban J connectivity index is 1.91. The van der Waals surface area contributed by atoms with Gasteiger partial charge in [0.1, 0.15) is 0 Å². The fourth-order valence-corrected chi connectivity index (χ4v) is 2.49. The van der Waals surface area contributed by atoms with Crippen molar-refractivity contribution in [3.05, 3.63) is 0 Å². The molecule has 0 bridgehead atoms. The maximum atomic E-state index is 12.1. The van der Waals surface area contributed by atoms with Gasteiger partial charge in [0.05, 0.1) is 12.0 Å². The van der Waals surface area contributed by atoms with E-state index in [0.29, 0.717) is 6.04 Å². The van der Waals surface area contributed by atoms with Gasteiger partial charge in [-0.2, -0.15) is 0 Å². The van der Waals surface area contributed by atoms with E-state index in [1.54, 1.807) is 0 Å². The molecular formula is C11H20N2O2. The molecule has 3 atom stereocenters. The molecule has 86 valence electrons. The van der Waals surface area contributed by atoms with E-state index in [2.05, 4.69) is 5.32 Å². The molecule has 2 rings (SSSR count). The molecule has 2 heterocycles. The largest absolute Gasteiger partial charge is 0.378 e. The first kappa shape index (κ1) is 10.9. The Labute approximate surface area is 91.0 Å². The van der Waals surface area contributed by atoms with E-state index in [9.17, 15) is 4.79 Å². The topological polar surface area (TPSA) is 41.6 Å². The smallest absolute Gasteiger partial charge is 0.228 e. The van der Waals surface area contributed by atoms with E-state index < -0.39 is 0 Å². The lowest BCUT2D eigenvalue weighted by Gasteiger charge is -2.22. The van der Waals surface area contributed by atoms with Crippen molar-refractivity contribution in [2.75, 3.05) is 26.7 Å². The highest BCUT2D eigenvalue weighted by Gasteiger charge is 2.36. The van der Waals surface area contributed by atoms with Crippen molar-refractivity contribution < 1.29 is 9.53 Å². The maximum absolute atomic E-state index is 12.1. The zero-order valence-corrected chi connectivity index (χ0v) is 9.53. The molecule has 4 nitrogen and oxygen atoms in total. The molecule has 0 radical (unpaired) electrons. The molecule has 0 spiro atoms. The molecule has 4 heteroatoms. The van der Waals surface area contributed by atoms with Crippen LogP contribution >= 0.6 is 0 Å². The van der Waals surface area contributed by atoms with Gasteiger partial charge in [-0.15, -0.1) is 0 Å². The molecular weight excluding hydrogens is 192 g/mol. The molecule has 2 aliphatic heterocycles. The Morgan fingerprint density at radius 2 is 2.27 bits per heavy atom. The molecule has 2 saturated heterocycles. The number of carbonyl (C=O) groups is 1. The fourth-order valence-electron chi connectivity index (χ4n) is 2.49. The molecule has 2 fully saturated rings. The predicted octanol–water partition coefficient (Wildman–Crippen LogP) is 0.232. The Kier molecular flexibility index (Phi) is 3.26. The molecule has 3 unspecified atom stereocenters. The van der Waals surface area contributed by atoms with Crippen LogP contribution in [-0.4, -0.2) is 49.7 Å². The van der Waals surface area contributed by atoms with Crippen LogP contribution in [0.3, 0.4) is 0 Å². The lowest BCUT2D eigenvalue weighted by atomic mass is 10.0. The minimum Gasteiger partial charge on any atom is -0.378 e. The summed E-state index contributed by atoms with van der Waals surface area (Å²) in [6, 6.07) is 0.478. The summed E-state index contributed by atoms with van der Waals surface area (Å²) in [6.07, 6.45) is 2.07. The monoisotopic (exact) mass is 212 g/mol. The Morgan fingerprint density at radius 1 is 1.47 bits per heavy atom. The summed E-state index contributed by atoms with van der Waals surface area (Å²) >= 11 is 0. The molecule has 0 aliphatic carbocycles. The SMILES string of the molecule is CNC1CCN(C(=O)C2CCOC2C)C1. The molecule has 0 aromatic rings. The van der Waals surface area contributed by atoms with Gasteiger partial charge >= 0.3 is 0 Å². The van der Waals surface area contributed by atoms with Gasteiger partial charge in [0.25, 0.3) is 0 Å². The van der Waals surface area contributed by atoms with Gasteiger partial charge in [-0.1, -0.05) is 0 Å². The molecule has 1 N–H and O–H groups in total. The number of likely N-dealkylation sites (tertiary alicyclic amines) is 1. The minimum absolute atomic E-state index is 0.0978. The average molecular weight is 212 g/mol. The number of nitrogens with one attached hydrogen (secondary N) is 1. The van der Waals surface area contributed by atoms with Crippen molar-refractivity contribution >= 4 is 5.91 Å². The first-order valence-electron chi connectivity index (χ1n) is 5.80. The summed E-state index contributed by atoms with van der Waals surface area (Å²) in [5.41, 5.74) is 0. The standard InChI is InChI=1S/C11H20N2O2/c1-8-10(4-6-15-8)11(14)13-5-3-9(7-13)12-2/h8-10,12H,3-7H2,1-2H3. The maximum Gasteiger partial charge on any atom is 0.228 e. The third kappa shape index (κ3) is 2.16. The van der Waals surface area contributed by atoms with E-state index in [-0.39, 0.29) is 17.9 Å². The van der Waals surface area contributed by atoms with Gasteiger partial charge in [-0.3, -0.25) is 4.79 Å². The zero-order chi connectivity index (χ0) is 10.8. The second-order valence-electron chi connectivity index (χ2n) is 4.53. The van der Waals surface area contributed by atoms with E-state index in [0.717, 1.165) is 32.5 Å². The molecule has 0 aromatic heterocycles. The lowest BCUT2D eigenvalue weighted by Crippen LogP contribution is -2.39. The van der Waals surface area contributed by atoms with E-state index >= 15 is 0 Å². The number of hydrogen-bond donors (Lipinski definition) is 1. The van der Waals surface area contributed by atoms with Crippen LogP contribution < -0.4 is 5.32 Å². The summed E-state index contributed by atoms with van der Waals surface area (Å²) in [7, 11) is 1.96. The van der Waals surface area contributed by atoms with Gasteiger partial charge in [0, 0.05) is 25.7 Å². The third-order valence-electron chi connectivity index (χ3n) is 3.60. The summed E-state index contributed by atoms with van der Waals surface area (Å²) in [6.45, 7) is 4.49. The molecule has 15 heavy (non-hydrogen) atoms. The average Bonchev–Trinajstić information content (AvgIpc) is 2.84. The van der Waals surface area contributed by atoms with Crippen LogP contribution in [0.25, 0.3) is 0 Å². The molecule has 2 aliphatic rings. The van der Waals surface area contributed by atoms with Crippen LogP contribution in [0.5, 0.6) is 0 Å². The normalized spacial score (nSPS) is 36.1. The predicted molar refractivity (Wildman–Crippen MR) is 57.6 cm³/mol. The second-order valence-corrected chi connectivity index (χ2v) is 4.53. The van der Waals surface area contributed by atoms with Gasteiger partial charge < -0.3 is 15.0 Å². The number of rotatable bonds is 2. The van der Waals surface area contributed by atoms with Crippen LogP contribution in [0.4, 0.5) is 0 Å². The fraction of sp³-hybridized carbons (Fsp3) is 0.909. The highest BCUT2D eigenvalue weighted by molar-refractivity contribution is 5.80. The number of ether oxygens (including phenoxy) is 1. The lowest BCUT2D eigenvalue weighted by molar-refractivity contribution is -0.135. The number of hydrogen-bond acceptors (Lipinski definition) is 3. The Hall–Kier alpha value is -0.610. The highest BCUT2D eigenvalue weighted by Crippen LogP contribution is 2.24. The number of amides is 1. The number of nitrogens with zero attached hydrogens (tertiary/aromatic N) is 1. The molecule has 1 amide bonds. The highest BCUT2D eigenvalue weighted by atomic mass is 16.5. The summed E-state index contributed by atoms with van der Waals surface area (Å²) in [5, 5.41) is 3.23. The molecule has 0 saturated carbocycles. The van der Waals surface area contributed by atoms with Crippen LogP contribution in [-0.2, 0) is 9.53 Å². The van der Waals surface area contributed by atoms with Crippen molar-refractivity contribution in [2.24, 2.45) is 5.92 Å². The van der Waals surface area contributed by atoms with E-state index in [1.165, 1.54) is 0 Å². The first-order chi connectivity index (χ1) is 7.22. The molecule has 0 aromatic carbocycles. The number of likely N-dealkylation sites (N-methyl/N-ethyl adjacent to an activating group) is 1. The second kappa shape index (κ2) is 4.49. The van der Waals surface area contributed by atoms with Crippen LogP contribution in [0, 0.1) is 5.92 Å². The van der Waals surface area contributed by atoms with Crippen LogP contribution in [0.2, 0.25) is 0 Å². The van der Waals surface area contributed by atoms with Crippen molar-refractivity contribution in [1.82, 2.24) is 10.2 Å². The van der Waals surface area contributed by atoms with Gasteiger partial charge in [0.2, 0.25) is 5.91 Å². The summed E-state index contributed by atoms with van der Waals surface area (Å²) in [5.74, 6) is 0.387. The third-order valence-corrected chi connectivity index (χ3v) is 3.60. The van der Waals surface area contributed by atoms with Crippen molar-refractivity contribution in [3.8, 4) is 0 Å². The zero-order valence-electron chi connectivity index (χ0n) is 9.53. The van der Waals surface area contributed by atoms with Gasteiger partial charge in [0.15, 0.2) is 0 Å². The summed E-state index contributed by atoms with van der Waals surface area (Å²) in [4.78, 5) is 14.1. The van der Waals surface area contributed by atoms with Crippen molar-refractivity contribution in [3.63, 3.8) is 0 Å². The van der Waals surface area contributed by atoms with Gasteiger partial charge in [-0.25, -0.2) is 0 Å².